The van der Waals surface area contributed by atoms with Gasteiger partial charge in [-0.1, -0.05) is 63.3 Å². The Bertz CT molecular complexity index is 854. The molecule has 0 heterocycles. The molecule has 2 atom stereocenters. The van der Waals surface area contributed by atoms with Crippen LogP contribution in [0.1, 0.15) is 95.9 Å². The highest BCUT2D eigenvalue weighted by atomic mass is 32.1. The van der Waals surface area contributed by atoms with Crippen LogP contribution in [0, 0.1) is 13.8 Å². The second-order valence-electron chi connectivity index (χ2n) is 10.4. The van der Waals surface area contributed by atoms with Crippen LogP contribution >= 0.6 is 12.6 Å². The van der Waals surface area contributed by atoms with Crippen LogP contribution in [0.3, 0.4) is 0 Å². The van der Waals surface area contributed by atoms with E-state index in [9.17, 15) is 14.4 Å². The highest BCUT2D eigenvalue weighted by molar-refractivity contribution is 7.80. The molecule has 1 aromatic rings. The molecule has 8 heteroatoms. The number of hydrogen-bond donors (Lipinski definition) is 3. The Balaban J connectivity index is 3.40. The number of amides is 3. The van der Waals surface area contributed by atoms with Crippen LogP contribution in [-0.4, -0.2) is 53.3 Å². The van der Waals surface area contributed by atoms with Crippen LogP contribution in [-0.2, 0) is 14.3 Å². The van der Waals surface area contributed by atoms with Crippen LogP contribution in [0.2, 0.25) is 0 Å². The molecule has 0 aliphatic carbocycles. The summed E-state index contributed by atoms with van der Waals surface area (Å²) >= 11 is 4.35. The summed E-state index contributed by atoms with van der Waals surface area (Å²) in [6.07, 6.45) is 4.94. The number of nitrogens with one attached hydrogen (secondary N) is 2. The Hall–Kier alpha value is -2.22. The van der Waals surface area contributed by atoms with Crippen molar-refractivity contribution in [2.75, 3.05) is 18.8 Å². The number of alkyl carbamates (subject to hydrolysis) is 1. The number of rotatable bonds is 14. The van der Waals surface area contributed by atoms with E-state index in [0.29, 0.717) is 13.1 Å². The van der Waals surface area contributed by atoms with Gasteiger partial charge >= 0.3 is 6.09 Å². The fourth-order valence-corrected chi connectivity index (χ4v) is 4.23. The maximum Gasteiger partial charge on any atom is 0.408 e. The van der Waals surface area contributed by atoms with Gasteiger partial charge in [-0.3, -0.25) is 9.59 Å². The van der Waals surface area contributed by atoms with E-state index < -0.39 is 23.8 Å². The van der Waals surface area contributed by atoms with E-state index in [-0.39, 0.29) is 17.6 Å². The molecule has 0 aromatic heterocycles. The van der Waals surface area contributed by atoms with E-state index in [1.54, 1.807) is 25.7 Å². The van der Waals surface area contributed by atoms with Crippen molar-refractivity contribution in [1.82, 2.24) is 15.5 Å². The Labute approximate surface area is 223 Å². The van der Waals surface area contributed by atoms with Crippen LogP contribution in [0.25, 0.3) is 0 Å². The Morgan fingerprint density at radius 3 is 2.25 bits per heavy atom. The number of carbonyl (C=O) groups excluding carboxylic acids is 3. The van der Waals surface area contributed by atoms with Gasteiger partial charge in [-0.25, -0.2) is 4.79 Å². The first-order chi connectivity index (χ1) is 16.9. The summed E-state index contributed by atoms with van der Waals surface area (Å²) < 4.78 is 5.37. The minimum absolute atomic E-state index is 0.0839. The molecule has 0 fully saturated rings. The summed E-state index contributed by atoms with van der Waals surface area (Å²) in [5, 5.41) is 5.69. The van der Waals surface area contributed by atoms with E-state index in [1.807, 2.05) is 32.0 Å². The summed E-state index contributed by atoms with van der Waals surface area (Å²) in [7, 11) is 0. The fourth-order valence-electron chi connectivity index (χ4n) is 3.98. The molecule has 0 radical (unpaired) electrons. The minimum Gasteiger partial charge on any atom is -0.444 e. The van der Waals surface area contributed by atoms with Crippen LogP contribution in [0.4, 0.5) is 4.79 Å². The highest BCUT2D eigenvalue weighted by Crippen LogP contribution is 2.27. The van der Waals surface area contributed by atoms with Gasteiger partial charge < -0.3 is 20.3 Å². The van der Waals surface area contributed by atoms with Crippen molar-refractivity contribution in [3.63, 3.8) is 0 Å². The molecule has 1 aromatic carbocycles. The molecular formula is C28H47N3O4S. The monoisotopic (exact) mass is 521 g/mol. The van der Waals surface area contributed by atoms with Crippen molar-refractivity contribution in [2.45, 2.75) is 105 Å². The largest absolute Gasteiger partial charge is 0.444 e. The Kier molecular flexibility index (Phi) is 14.0. The molecule has 0 saturated carbocycles. The van der Waals surface area contributed by atoms with Crippen molar-refractivity contribution < 1.29 is 19.1 Å². The maximum absolute atomic E-state index is 13.9. The molecule has 7 nitrogen and oxygen atoms in total. The van der Waals surface area contributed by atoms with Gasteiger partial charge in [-0.2, -0.15) is 12.6 Å². The number of ether oxygens (including phenoxy) is 1. The zero-order chi connectivity index (χ0) is 27.3. The van der Waals surface area contributed by atoms with E-state index in [1.165, 1.54) is 0 Å². The lowest BCUT2D eigenvalue weighted by molar-refractivity contribution is -0.142. The maximum atomic E-state index is 13.9. The number of unbranched alkanes of at least 4 members (excludes halogenated alkanes) is 4. The molecule has 0 aliphatic heterocycles. The van der Waals surface area contributed by atoms with Gasteiger partial charge in [-0.05, 0) is 58.6 Å². The zero-order valence-electron chi connectivity index (χ0n) is 23.3. The van der Waals surface area contributed by atoms with Gasteiger partial charge in [0.25, 0.3) is 0 Å². The van der Waals surface area contributed by atoms with Crippen LogP contribution in [0.15, 0.2) is 18.2 Å². The van der Waals surface area contributed by atoms with E-state index >= 15 is 0 Å². The van der Waals surface area contributed by atoms with E-state index in [0.717, 1.165) is 55.2 Å². The van der Waals surface area contributed by atoms with Gasteiger partial charge in [-0.15, -0.1) is 0 Å². The standard InChI is InChI=1S/C28H47N3O4S/c1-8-10-12-13-17-31(26(33)23(19-36)30-27(34)35-28(5,6)7)24(25(32)29-16-11-9-2)22-15-14-20(3)18-21(22)4/h14-15,18,23-24,36H,8-13,16-17,19H2,1-7H3,(H,29,32)(H,30,34). The SMILES string of the molecule is CCCCCCN(C(=O)C(CS)NC(=O)OC(C)(C)C)C(C(=O)NCCCC)c1ccc(C)cc1C. The molecule has 2 unspecified atom stereocenters. The molecule has 0 spiro atoms. The Morgan fingerprint density at radius 1 is 1.03 bits per heavy atom. The zero-order valence-corrected chi connectivity index (χ0v) is 24.2. The number of hydrogen-bond acceptors (Lipinski definition) is 5. The van der Waals surface area contributed by atoms with Crippen molar-refractivity contribution >= 4 is 30.5 Å². The van der Waals surface area contributed by atoms with Crippen molar-refractivity contribution in [2.24, 2.45) is 0 Å². The normalized spacial score (nSPS) is 13.0. The minimum atomic E-state index is -0.925. The molecule has 0 saturated heterocycles. The van der Waals surface area contributed by atoms with Crippen molar-refractivity contribution in [3.05, 3.63) is 34.9 Å². The molecule has 1 rings (SSSR count). The predicted molar refractivity (Wildman–Crippen MR) is 149 cm³/mol. The summed E-state index contributed by atoms with van der Waals surface area (Å²) in [6.45, 7) is 14.4. The van der Waals surface area contributed by atoms with E-state index in [2.05, 4.69) is 37.1 Å². The smallest absolute Gasteiger partial charge is 0.408 e. The first-order valence-corrected chi connectivity index (χ1v) is 13.8. The fraction of sp³-hybridized carbons (Fsp3) is 0.679. The van der Waals surface area contributed by atoms with Gasteiger partial charge in [0.1, 0.15) is 17.7 Å². The van der Waals surface area contributed by atoms with Gasteiger partial charge in [0, 0.05) is 18.8 Å². The number of aryl methyl sites for hydroxylation is 2. The van der Waals surface area contributed by atoms with Gasteiger partial charge in [0.15, 0.2) is 0 Å². The van der Waals surface area contributed by atoms with Crippen molar-refractivity contribution in [1.29, 1.82) is 0 Å². The first-order valence-electron chi connectivity index (χ1n) is 13.2. The second-order valence-corrected chi connectivity index (χ2v) is 10.7. The average Bonchev–Trinajstić information content (AvgIpc) is 2.79. The van der Waals surface area contributed by atoms with Gasteiger partial charge in [0.2, 0.25) is 11.8 Å². The number of benzene rings is 1. The lowest BCUT2D eigenvalue weighted by Crippen LogP contribution is -2.54. The van der Waals surface area contributed by atoms with Gasteiger partial charge in [0.05, 0.1) is 0 Å². The average molecular weight is 522 g/mol. The lowest BCUT2D eigenvalue weighted by atomic mass is 9.96. The summed E-state index contributed by atoms with van der Waals surface area (Å²) in [6, 6.07) is 4.18. The topological polar surface area (TPSA) is 87.7 Å². The third-order valence-corrected chi connectivity index (χ3v) is 6.18. The third kappa shape index (κ3) is 10.8. The first kappa shape index (κ1) is 31.8. The second kappa shape index (κ2) is 15.8. The molecule has 0 bridgehead atoms. The third-order valence-electron chi connectivity index (χ3n) is 5.82. The summed E-state index contributed by atoms with van der Waals surface area (Å²) in [5.74, 6) is -0.474. The summed E-state index contributed by atoms with van der Waals surface area (Å²) in [5.41, 5.74) is 2.12. The molecule has 204 valence electrons. The predicted octanol–water partition coefficient (Wildman–Crippen LogP) is 5.49. The van der Waals surface area contributed by atoms with Crippen LogP contribution in [0.5, 0.6) is 0 Å². The quantitative estimate of drug-likeness (QED) is 0.223. The summed E-state index contributed by atoms with van der Waals surface area (Å²) in [4.78, 5) is 41.6. The highest BCUT2D eigenvalue weighted by Gasteiger charge is 2.36. The number of carbonyl (C=O) groups is 3. The van der Waals surface area contributed by atoms with E-state index in [4.69, 9.17) is 4.74 Å². The molecule has 36 heavy (non-hydrogen) atoms. The lowest BCUT2D eigenvalue weighted by Gasteiger charge is -2.35. The number of thiol groups is 1. The Morgan fingerprint density at radius 2 is 1.69 bits per heavy atom. The number of nitrogens with zero attached hydrogens (tertiary/aromatic N) is 1. The van der Waals surface area contributed by atoms with Crippen LogP contribution < -0.4 is 10.6 Å². The van der Waals surface area contributed by atoms with Crippen molar-refractivity contribution in [3.8, 4) is 0 Å². The molecule has 0 aliphatic rings. The molecule has 2 N–H and O–H groups in total. The molecule has 3 amide bonds. The molecular weight excluding hydrogens is 474 g/mol.